The molecular formula is C27H38O3. The molecule has 0 aromatic heterocycles. The van der Waals surface area contributed by atoms with E-state index < -0.39 is 0 Å². The molecule has 1 N–H and O–H groups in total. The minimum absolute atomic E-state index is 0.132. The van der Waals surface area contributed by atoms with Crippen molar-refractivity contribution in [2.75, 3.05) is 0 Å². The highest BCUT2D eigenvalue weighted by Gasteiger charge is 2.14. The molecule has 164 valence electrons. The molecular weight excluding hydrogens is 372 g/mol. The molecule has 1 aromatic rings. The van der Waals surface area contributed by atoms with Crippen LogP contribution in [0.5, 0.6) is 5.75 Å². The van der Waals surface area contributed by atoms with Gasteiger partial charge in [0.25, 0.3) is 0 Å². The second-order valence-corrected chi connectivity index (χ2v) is 8.43. The van der Waals surface area contributed by atoms with Gasteiger partial charge in [-0.3, -0.25) is 0 Å². The number of carbonyl (C=O) groups is 1. The van der Waals surface area contributed by atoms with Crippen molar-refractivity contribution in [1.29, 1.82) is 0 Å². The Morgan fingerprint density at radius 2 is 1.40 bits per heavy atom. The largest absolute Gasteiger partial charge is 0.508 e. The van der Waals surface area contributed by atoms with Crippen LogP contribution in [-0.4, -0.2) is 17.2 Å². The average Bonchev–Trinajstić information content (AvgIpc) is 2.66. The lowest BCUT2D eigenvalue weighted by Gasteiger charge is -2.15. The number of hydrogen-bond acceptors (Lipinski definition) is 3. The molecule has 1 atom stereocenters. The first kappa shape index (κ1) is 25.5. The van der Waals surface area contributed by atoms with E-state index in [2.05, 4.69) is 65.8 Å². The second-order valence-electron chi connectivity index (χ2n) is 8.43. The van der Waals surface area contributed by atoms with E-state index in [1.165, 1.54) is 34.4 Å². The van der Waals surface area contributed by atoms with Gasteiger partial charge in [-0.25, -0.2) is 4.79 Å². The molecule has 0 heterocycles. The molecule has 3 heteroatoms. The fraction of sp³-hybridized carbons (Fsp3) is 0.444. The smallest absolute Gasteiger partial charge is 0.338 e. The molecule has 0 aliphatic carbocycles. The summed E-state index contributed by atoms with van der Waals surface area (Å²) < 4.78 is 5.80. The number of rotatable bonds is 11. The van der Waals surface area contributed by atoms with E-state index in [0.29, 0.717) is 12.0 Å². The van der Waals surface area contributed by atoms with Gasteiger partial charge in [-0.05, 0) is 97.6 Å². The molecule has 0 aliphatic rings. The van der Waals surface area contributed by atoms with Gasteiger partial charge in [0.2, 0.25) is 0 Å². The highest BCUT2D eigenvalue weighted by Crippen LogP contribution is 2.17. The summed E-state index contributed by atoms with van der Waals surface area (Å²) in [6.07, 6.45) is 13.0. The van der Waals surface area contributed by atoms with E-state index in [4.69, 9.17) is 4.74 Å². The van der Waals surface area contributed by atoms with E-state index in [0.717, 1.165) is 25.7 Å². The average molecular weight is 411 g/mol. The van der Waals surface area contributed by atoms with Crippen molar-refractivity contribution in [3.05, 3.63) is 76.4 Å². The van der Waals surface area contributed by atoms with Gasteiger partial charge in [-0.15, -0.1) is 0 Å². The Morgan fingerprint density at radius 1 is 0.867 bits per heavy atom. The molecule has 0 saturated heterocycles. The number of hydrogen-bond donors (Lipinski definition) is 1. The molecule has 1 aromatic carbocycles. The number of esters is 1. The third-order valence-corrected chi connectivity index (χ3v) is 4.71. The van der Waals surface area contributed by atoms with Crippen LogP contribution in [0, 0.1) is 0 Å². The molecule has 0 fully saturated rings. The molecule has 0 radical (unpaired) electrons. The van der Waals surface area contributed by atoms with Crippen LogP contribution >= 0.6 is 0 Å². The van der Waals surface area contributed by atoms with Gasteiger partial charge in [0.1, 0.15) is 11.9 Å². The highest BCUT2D eigenvalue weighted by atomic mass is 16.5. The standard InChI is InChI=1S/C27H38O3/c1-20(2)9-7-11-22(5)13-18-26(19-23(6)12-8-10-21(3)4)30-27(29)24-14-16-25(28)17-15-24/h9-10,13-17,19,26,28H,7-8,11-12,18H2,1-6H3/b22-13+,23-19+. The van der Waals surface area contributed by atoms with E-state index in [1.54, 1.807) is 12.1 Å². The quantitative estimate of drug-likeness (QED) is 0.300. The lowest BCUT2D eigenvalue weighted by Crippen LogP contribution is -2.16. The third-order valence-electron chi connectivity index (χ3n) is 4.71. The van der Waals surface area contributed by atoms with Crippen molar-refractivity contribution in [2.45, 2.75) is 79.8 Å². The fourth-order valence-electron chi connectivity index (χ4n) is 2.95. The summed E-state index contributed by atoms with van der Waals surface area (Å²) >= 11 is 0. The lowest BCUT2D eigenvalue weighted by molar-refractivity contribution is 0.0398. The van der Waals surface area contributed by atoms with Crippen molar-refractivity contribution in [2.24, 2.45) is 0 Å². The molecule has 0 saturated carbocycles. The summed E-state index contributed by atoms with van der Waals surface area (Å²) in [5.41, 5.74) is 5.60. The van der Waals surface area contributed by atoms with Gasteiger partial charge in [-0.1, -0.05) is 40.5 Å². The molecule has 1 rings (SSSR count). The van der Waals surface area contributed by atoms with Crippen molar-refractivity contribution in [3.8, 4) is 5.75 Å². The minimum Gasteiger partial charge on any atom is -0.508 e. The van der Waals surface area contributed by atoms with Gasteiger partial charge in [0.05, 0.1) is 5.56 Å². The molecule has 30 heavy (non-hydrogen) atoms. The first-order valence-electron chi connectivity index (χ1n) is 10.8. The van der Waals surface area contributed by atoms with E-state index in [-0.39, 0.29) is 17.8 Å². The van der Waals surface area contributed by atoms with Crippen molar-refractivity contribution >= 4 is 5.97 Å². The number of ether oxygens (including phenoxy) is 1. The normalized spacial score (nSPS) is 12.9. The van der Waals surface area contributed by atoms with Gasteiger partial charge in [0, 0.05) is 6.42 Å². The summed E-state index contributed by atoms with van der Waals surface area (Å²) in [6, 6.07) is 6.17. The Bertz CT molecular complexity index is 784. The van der Waals surface area contributed by atoms with E-state index in [9.17, 15) is 9.90 Å². The fourth-order valence-corrected chi connectivity index (χ4v) is 2.95. The van der Waals surface area contributed by atoms with Crippen LogP contribution in [0.15, 0.2) is 70.9 Å². The van der Waals surface area contributed by atoms with Crippen LogP contribution < -0.4 is 0 Å². The van der Waals surface area contributed by atoms with Crippen molar-refractivity contribution in [3.63, 3.8) is 0 Å². The predicted octanol–water partition coefficient (Wildman–Crippen LogP) is 7.69. The van der Waals surface area contributed by atoms with Gasteiger partial charge >= 0.3 is 5.97 Å². The Morgan fingerprint density at radius 3 is 1.93 bits per heavy atom. The molecule has 1 unspecified atom stereocenters. The third kappa shape index (κ3) is 11.5. The summed E-state index contributed by atoms with van der Waals surface area (Å²) in [5.74, 6) is -0.239. The van der Waals surface area contributed by atoms with Crippen LogP contribution in [0.1, 0.15) is 84.0 Å². The number of carbonyl (C=O) groups excluding carboxylic acids is 1. The molecule has 0 bridgehead atoms. The summed E-state index contributed by atoms with van der Waals surface area (Å²) in [4.78, 5) is 12.6. The molecule has 0 amide bonds. The van der Waals surface area contributed by atoms with Crippen LogP contribution in [0.2, 0.25) is 0 Å². The Labute approximate surface area is 182 Å². The van der Waals surface area contributed by atoms with Crippen molar-refractivity contribution in [1.82, 2.24) is 0 Å². The lowest BCUT2D eigenvalue weighted by atomic mass is 10.0. The van der Waals surface area contributed by atoms with Gasteiger partial charge < -0.3 is 9.84 Å². The predicted molar refractivity (Wildman–Crippen MR) is 127 cm³/mol. The molecule has 0 spiro atoms. The summed E-state index contributed by atoms with van der Waals surface area (Å²) in [6.45, 7) is 12.6. The number of phenolic OH excluding ortho intramolecular Hbond substituents is 1. The van der Waals surface area contributed by atoms with Gasteiger partial charge in [0.15, 0.2) is 0 Å². The number of benzene rings is 1. The Kier molecular flexibility index (Phi) is 11.6. The zero-order valence-electron chi connectivity index (χ0n) is 19.5. The Balaban J connectivity index is 2.86. The number of aromatic hydroxyl groups is 1. The maximum absolute atomic E-state index is 12.6. The van der Waals surface area contributed by atoms with Crippen LogP contribution in [0.25, 0.3) is 0 Å². The zero-order chi connectivity index (χ0) is 22.5. The number of phenols is 1. The van der Waals surface area contributed by atoms with Crippen LogP contribution in [0.3, 0.4) is 0 Å². The maximum Gasteiger partial charge on any atom is 0.338 e. The number of allylic oxidation sites excluding steroid dienone is 6. The van der Waals surface area contributed by atoms with Crippen LogP contribution in [-0.2, 0) is 4.74 Å². The van der Waals surface area contributed by atoms with E-state index in [1.807, 2.05) is 0 Å². The highest BCUT2D eigenvalue weighted by molar-refractivity contribution is 5.89. The molecule has 3 nitrogen and oxygen atoms in total. The van der Waals surface area contributed by atoms with Crippen molar-refractivity contribution < 1.29 is 14.6 Å². The second kappa shape index (κ2) is 13.6. The zero-order valence-corrected chi connectivity index (χ0v) is 19.5. The first-order chi connectivity index (χ1) is 14.2. The minimum atomic E-state index is -0.371. The SMILES string of the molecule is CC(C)=CCC/C(C)=C/CC(/C=C(\C)CCC=C(C)C)OC(=O)c1ccc(O)cc1. The first-order valence-corrected chi connectivity index (χ1v) is 10.8. The molecule has 0 aliphatic heterocycles. The maximum atomic E-state index is 12.6. The summed E-state index contributed by atoms with van der Waals surface area (Å²) in [7, 11) is 0. The summed E-state index contributed by atoms with van der Waals surface area (Å²) in [5, 5.41) is 9.43. The Hall–Kier alpha value is -2.55. The topological polar surface area (TPSA) is 46.5 Å². The van der Waals surface area contributed by atoms with E-state index >= 15 is 0 Å². The van der Waals surface area contributed by atoms with Gasteiger partial charge in [-0.2, -0.15) is 0 Å². The monoisotopic (exact) mass is 410 g/mol. The van der Waals surface area contributed by atoms with Crippen LogP contribution in [0.4, 0.5) is 0 Å².